The summed E-state index contributed by atoms with van der Waals surface area (Å²) in [5.41, 5.74) is 5.96. The summed E-state index contributed by atoms with van der Waals surface area (Å²) in [6.07, 6.45) is 12.0. The molecule has 3 rings (SSSR count). The molecule has 1 aromatic heterocycles. The largest absolute Gasteiger partial charge is 0.494 e. The van der Waals surface area contributed by atoms with Crippen LogP contribution in [-0.2, 0) is 6.42 Å². The van der Waals surface area contributed by atoms with E-state index in [1.54, 1.807) is 0 Å². The summed E-state index contributed by atoms with van der Waals surface area (Å²) < 4.78 is 5.87. The predicted molar refractivity (Wildman–Crippen MR) is 146 cm³/mol. The Labute approximate surface area is 207 Å². The minimum Gasteiger partial charge on any atom is -0.494 e. The molecule has 0 N–H and O–H groups in total. The molecule has 0 radical (unpaired) electrons. The molecule has 0 spiro atoms. The van der Waals surface area contributed by atoms with Gasteiger partial charge >= 0.3 is 0 Å². The molecule has 0 saturated carbocycles. The van der Waals surface area contributed by atoms with E-state index in [4.69, 9.17) is 9.72 Å². The lowest BCUT2D eigenvalue weighted by Crippen LogP contribution is -2.01. The van der Waals surface area contributed by atoms with E-state index in [-0.39, 0.29) is 0 Å². The lowest BCUT2D eigenvalue weighted by Gasteiger charge is -2.12. The second-order valence-corrected chi connectivity index (χ2v) is 10.2. The van der Waals surface area contributed by atoms with Crippen molar-refractivity contribution in [1.29, 1.82) is 0 Å². The van der Waals surface area contributed by atoms with Gasteiger partial charge < -0.3 is 4.74 Å². The van der Waals surface area contributed by atoms with Gasteiger partial charge in [-0.2, -0.15) is 0 Å². The number of ether oxygens (including phenoxy) is 1. The zero-order valence-electron chi connectivity index (χ0n) is 21.7. The van der Waals surface area contributed by atoms with E-state index in [9.17, 15) is 0 Å². The Hall–Kier alpha value is -2.61. The average molecular weight is 458 g/mol. The third-order valence-electron chi connectivity index (χ3n) is 6.52. The Morgan fingerprint density at radius 3 is 2.00 bits per heavy atom. The van der Waals surface area contributed by atoms with Gasteiger partial charge in [0.15, 0.2) is 0 Å². The van der Waals surface area contributed by atoms with E-state index >= 15 is 0 Å². The van der Waals surface area contributed by atoms with Crippen molar-refractivity contribution in [1.82, 2.24) is 4.98 Å². The van der Waals surface area contributed by atoms with Gasteiger partial charge in [-0.15, -0.1) is 0 Å². The molecule has 0 fully saturated rings. The van der Waals surface area contributed by atoms with Gasteiger partial charge in [0.2, 0.25) is 0 Å². The van der Waals surface area contributed by atoms with Crippen LogP contribution in [0.1, 0.15) is 78.2 Å². The predicted octanol–water partition coefficient (Wildman–Crippen LogP) is 9.38. The number of pyridine rings is 1. The van der Waals surface area contributed by atoms with Crippen molar-refractivity contribution in [3.8, 4) is 28.1 Å². The van der Waals surface area contributed by atoms with Gasteiger partial charge in [-0.05, 0) is 59.6 Å². The van der Waals surface area contributed by atoms with Crippen molar-refractivity contribution in [3.63, 3.8) is 0 Å². The topological polar surface area (TPSA) is 22.1 Å². The fourth-order valence-electron chi connectivity index (χ4n) is 4.39. The molecular weight excluding hydrogens is 414 g/mol. The molecule has 0 bridgehead atoms. The molecule has 2 heteroatoms. The van der Waals surface area contributed by atoms with Crippen molar-refractivity contribution >= 4 is 0 Å². The van der Waals surface area contributed by atoms with Crippen LogP contribution in [0.5, 0.6) is 5.75 Å². The minimum absolute atomic E-state index is 0.712. The van der Waals surface area contributed by atoms with Crippen LogP contribution in [-0.4, -0.2) is 11.6 Å². The average Bonchev–Trinajstić information content (AvgIpc) is 2.85. The van der Waals surface area contributed by atoms with Gasteiger partial charge in [0, 0.05) is 11.8 Å². The van der Waals surface area contributed by atoms with E-state index in [0.717, 1.165) is 42.4 Å². The number of benzene rings is 2. The van der Waals surface area contributed by atoms with E-state index in [1.165, 1.54) is 55.2 Å². The highest BCUT2D eigenvalue weighted by atomic mass is 16.5. The fourth-order valence-corrected chi connectivity index (χ4v) is 4.39. The molecule has 0 aliphatic carbocycles. The fraction of sp³-hybridized carbons (Fsp3) is 0.469. The SMILES string of the molecule is CCCCCCOc1ccc(-c2ccc(-c3ccc(CC(C)CCCC(C)C)cn3)cc2)cc1. The van der Waals surface area contributed by atoms with Crippen molar-refractivity contribution in [2.24, 2.45) is 11.8 Å². The standard InChI is InChI=1S/C32H43NO/c1-5-6-7-8-22-34-31-19-17-29(18-20-31)28-13-15-30(16-14-28)32-21-12-27(24-33-32)23-26(4)11-9-10-25(2)3/h12-21,24-26H,5-11,22-23H2,1-4H3. The Morgan fingerprint density at radius 2 is 1.38 bits per heavy atom. The minimum atomic E-state index is 0.712. The number of aromatic nitrogens is 1. The number of nitrogens with zero attached hydrogens (tertiary/aromatic N) is 1. The molecule has 182 valence electrons. The van der Waals surface area contributed by atoms with Gasteiger partial charge in [-0.3, -0.25) is 4.98 Å². The van der Waals surface area contributed by atoms with Gasteiger partial charge in [0.25, 0.3) is 0 Å². The van der Waals surface area contributed by atoms with Crippen LogP contribution in [0, 0.1) is 11.8 Å². The van der Waals surface area contributed by atoms with Crippen LogP contribution in [0.4, 0.5) is 0 Å². The van der Waals surface area contributed by atoms with Crippen LogP contribution in [0.2, 0.25) is 0 Å². The molecule has 3 aromatic rings. The van der Waals surface area contributed by atoms with E-state index in [0.29, 0.717) is 5.92 Å². The van der Waals surface area contributed by atoms with Crippen molar-refractivity contribution < 1.29 is 4.74 Å². The summed E-state index contributed by atoms with van der Waals surface area (Å²) in [4.78, 5) is 4.76. The normalized spacial score (nSPS) is 12.1. The van der Waals surface area contributed by atoms with Crippen LogP contribution >= 0.6 is 0 Å². The molecule has 1 unspecified atom stereocenters. The quantitative estimate of drug-likeness (QED) is 0.225. The second kappa shape index (κ2) is 13.9. The van der Waals surface area contributed by atoms with E-state index in [1.807, 2.05) is 0 Å². The molecule has 0 amide bonds. The molecule has 1 atom stereocenters. The van der Waals surface area contributed by atoms with Crippen molar-refractivity contribution in [2.45, 2.75) is 79.1 Å². The third-order valence-corrected chi connectivity index (χ3v) is 6.52. The molecule has 34 heavy (non-hydrogen) atoms. The first-order chi connectivity index (χ1) is 16.5. The summed E-state index contributed by atoms with van der Waals surface area (Å²) in [5, 5.41) is 0. The zero-order chi connectivity index (χ0) is 24.2. The summed E-state index contributed by atoms with van der Waals surface area (Å²) in [7, 11) is 0. The molecular formula is C32H43NO. The third kappa shape index (κ3) is 8.63. The second-order valence-electron chi connectivity index (χ2n) is 10.2. The van der Waals surface area contributed by atoms with Crippen molar-refractivity contribution in [2.75, 3.05) is 6.61 Å². The Kier molecular flexibility index (Phi) is 10.7. The van der Waals surface area contributed by atoms with Crippen LogP contribution in [0.25, 0.3) is 22.4 Å². The van der Waals surface area contributed by atoms with Crippen LogP contribution in [0.15, 0.2) is 66.9 Å². The Balaban J connectivity index is 1.52. The first-order valence-electron chi connectivity index (χ1n) is 13.3. The lowest BCUT2D eigenvalue weighted by molar-refractivity contribution is 0.305. The summed E-state index contributed by atoms with van der Waals surface area (Å²) in [5.74, 6) is 2.47. The van der Waals surface area contributed by atoms with Gasteiger partial charge in [0.05, 0.1) is 12.3 Å². The maximum absolute atomic E-state index is 5.87. The Bertz CT molecular complexity index is 942. The smallest absolute Gasteiger partial charge is 0.119 e. The number of rotatable bonds is 14. The summed E-state index contributed by atoms with van der Waals surface area (Å²) >= 11 is 0. The highest BCUT2D eigenvalue weighted by molar-refractivity contribution is 5.69. The van der Waals surface area contributed by atoms with Gasteiger partial charge in [-0.25, -0.2) is 0 Å². The van der Waals surface area contributed by atoms with Gasteiger partial charge in [-0.1, -0.05) is 109 Å². The molecule has 0 saturated heterocycles. The highest BCUT2D eigenvalue weighted by Gasteiger charge is 2.07. The van der Waals surface area contributed by atoms with Gasteiger partial charge in [0.1, 0.15) is 5.75 Å². The lowest BCUT2D eigenvalue weighted by atomic mass is 9.94. The number of hydrogen-bond acceptors (Lipinski definition) is 2. The van der Waals surface area contributed by atoms with Crippen LogP contribution in [0.3, 0.4) is 0 Å². The molecule has 2 aromatic carbocycles. The Morgan fingerprint density at radius 1 is 0.706 bits per heavy atom. The maximum Gasteiger partial charge on any atom is 0.119 e. The van der Waals surface area contributed by atoms with Crippen LogP contribution < -0.4 is 4.74 Å². The van der Waals surface area contributed by atoms with E-state index < -0.39 is 0 Å². The molecule has 0 aliphatic rings. The maximum atomic E-state index is 5.87. The zero-order valence-corrected chi connectivity index (χ0v) is 21.7. The number of hydrogen-bond donors (Lipinski definition) is 0. The first-order valence-corrected chi connectivity index (χ1v) is 13.3. The summed E-state index contributed by atoms with van der Waals surface area (Å²) in [6.45, 7) is 10.0. The molecule has 1 heterocycles. The summed E-state index contributed by atoms with van der Waals surface area (Å²) in [6, 6.07) is 21.6. The molecule has 2 nitrogen and oxygen atoms in total. The van der Waals surface area contributed by atoms with Crippen molar-refractivity contribution in [3.05, 3.63) is 72.4 Å². The first kappa shape index (κ1) is 26.0. The molecule has 0 aliphatic heterocycles. The number of unbranched alkanes of at least 4 members (excludes halogenated alkanes) is 3. The van der Waals surface area contributed by atoms with E-state index in [2.05, 4.69) is 94.6 Å². The monoisotopic (exact) mass is 457 g/mol. The highest BCUT2D eigenvalue weighted by Crippen LogP contribution is 2.26.